The molecular weight excluding hydrogens is 288 g/mol. The molecule has 0 bridgehead atoms. The van der Waals surface area contributed by atoms with Gasteiger partial charge in [-0.25, -0.2) is 0 Å². The average Bonchev–Trinajstić information content (AvgIpc) is 2.53. The Hall–Kier alpha value is -0.610. The fraction of sp³-hybridized carbons (Fsp3) is 0.929. The minimum Gasteiger partial charge on any atom is -0.395 e. The predicted octanol–water partition coefficient (Wildman–Crippen LogP) is -2.36. The zero-order chi connectivity index (χ0) is 16.8. The Morgan fingerprint density at radius 1 is 0.909 bits per heavy atom. The van der Waals surface area contributed by atoms with Crippen LogP contribution in [0.5, 0.6) is 0 Å². The third-order valence-corrected chi connectivity index (χ3v) is 3.59. The summed E-state index contributed by atoms with van der Waals surface area (Å²) in [5.41, 5.74) is 0. The number of aliphatic hydroxyl groups excluding tert-OH is 3. The van der Waals surface area contributed by atoms with Crippen LogP contribution in [0.25, 0.3) is 0 Å². The molecule has 8 heteroatoms. The van der Waals surface area contributed by atoms with E-state index in [0.29, 0.717) is 52.1 Å². The second-order valence-electron chi connectivity index (χ2n) is 5.22. The van der Waals surface area contributed by atoms with Gasteiger partial charge in [0.15, 0.2) is 0 Å². The van der Waals surface area contributed by atoms with Gasteiger partial charge in [-0.05, 0) is 26.9 Å². The van der Waals surface area contributed by atoms with E-state index in [1.807, 2.05) is 4.90 Å². The van der Waals surface area contributed by atoms with Crippen LogP contribution in [0.1, 0.15) is 12.8 Å². The van der Waals surface area contributed by atoms with Gasteiger partial charge < -0.3 is 25.0 Å². The van der Waals surface area contributed by atoms with Crippen LogP contribution in [0.15, 0.2) is 0 Å². The summed E-state index contributed by atoms with van der Waals surface area (Å²) in [4.78, 5) is 14.6. The maximum atomic E-state index is 10.6. The van der Waals surface area contributed by atoms with E-state index in [9.17, 15) is 15.0 Å². The standard InChI is InChI=1S/C14H32N4O4/c1-15-13(21)3-5-17(6-4-14(22)16-2)7-8-18(9-11-19)10-12-20/h11,13-16,20-22H,3-10,12H2,1-2H3. The fourth-order valence-electron chi connectivity index (χ4n) is 2.06. The van der Waals surface area contributed by atoms with Gasteiger partial charge >= 0.3 is 0 Å². The summed E-state index contributed by atoms with van der Waals surface area (Å²) in [6.07, 6.45) is 0.885. The van der Waals surface area contributed by atoms with E-state index in [0.717, 1.165) is 6.29 Å². The monoisotopic (exact) mass is 320 g/mol. The number of rotatable bonds is 15. The summed E-state index contributed by atoms with van der Waals surface area (Å²) in [5.74, 6) is 0. The second-order valence-corrected chi connectivity index (χ2v) is 5.22. The molecule has 0 amide bonds. The lowest BCUT2D eigenvalue weighted by molar-refractivity contribution is -0.109. The largest absolute Gasteiger partial charge is 0.395 e. The molecule has 0 saturated heterocycles. The van der Waals surface area contributed by atoms with Crippen LogP contribution in [-0.4, -0.2) is 104 Å². The van der Waals surface area contributed by atoms with Crippen molar-refractivity contribution in [1.82, 2.24) is 20.4 Å². The van der Waals surface area contributed by atoms with Crippen LogP contribution < -0.4 is 10.6 Å². The van der Waals surface area contributed by atoms with Crippen molar-refractivity contribution in [3.63, 3.8) is 0 Å². The molecule has 0 fully saturated rings. The predicted molar refractivity (Wildman–Crippen MR) is 85.4 cm³/mol. The van der Waals surface area contributed by atoms with Gasteiger partial charge in [0.05, 0.1) is 13.2 Å². The minimum atomic E-state index is -0.555. The molecule has 0 saturated carbocycles. The van der Waals surface area contributed by atoms with E-state index in [4.69, 9.17) is 5.11 Å². The molecule has 0 rings (SSSR count). The lowest BCUT2D eigenvalue weighted by Gasteiger charge is -2.27. The molecule has 0 aromatic rings. The average molecular weight is 320 g/mol. The normalized spacial score (nSPS) is 14.5. The SMILES string of the molecule is CNC(O)CCN(CCC(O)NC)CCN(CC=O)CCO. The van der Waals surface area contributed by atoms with Crippen LogP contribution >= 0.6 is 0 Å². The van der Waals surface area contributed by atoms with E-state index < -0.39 is 12.5 Å². The Kier molecular flexibility index (Phi) is 13.6. The molecule has 22 heavy (non-hydrogen) atoms. The third kappa shape index (κ3) is 11.0. The summed E-state index contributed by atoms with van der Waals surface area (Å²) in [7, 11) is 3.40. The Morgan fingerprint density at radius 3 is 1.82 bits per heavy atom. The lowest BCUT2D eigenvalue weighted by Crippen LogP contribution is -2.41. The second kappa shape index (κ2) is 14.0. The Morgan fingerprint density at radius 2 is 1.41 bits per heavy atom. The van der Waals surface area contributed by atoms with Crippen molar-refractivity contribution >= 4 is 6.29 Å². The van der Waals surface area contributed by atoms with Gasteiger partial charge in [0, 0.05) is 32.7 Å². The van der Waals surface area contributed by atoms with E-state index in [1.165, 1.54) is 0 Å². The summed E-state index contributed by atoms with van der Waals surface area (Å²) in [6, 6.07) is 0. The van der Waals surface area contributed by atoms with Crippen molar-refractivity contribution < 1.29 is 20.1 Å². The van der Waals surface area contributed by atoms with Gasteiger partial charge in [-0.3, -0.25) is 15.5 Å². The van der Waals surface area contributed by atoms with Crippen molar-refractivity contribution in [2.75, 3.05) is 60.0 Å². The lowest BCUT2D eigenvalue weighted by atomic mass is 10.3. The first kappa shape index (κ1) is 21.4. The highest BCUT2D eigenvalue weighted by Gasteiger charge is 2.12. The van der Waals surface area contributed by atoms with Gasteiger partial charge in [0.1, 0.15) is 18.7 Å². The zero-order valence-electron chi connectivity index (χ0n) is 13.7. The van der Waals surface area contributed by atoms with Gasteiger partial charge in [-0.2, -0.15) is 0 Å². The van der Waals surface area contributed by atoms with E-state index >= 15 is 0 Å². The quantitative estimate of drug-likeness (QED) is 0.168. The highest BCUT2D eigenvalue weighted by molar-refractivity contribution is 5.51. The minimum absolute atomic E-state index is 0.0186. The molecule has 0 heterocycles. The maximum absolute atomic E-state index is 10.6. The number of nitrogens with zero attached hydrogens (tertiary/aromatic N) is 2. The number of hydrogen-bond acceptors (Lipinski definition) is 8. The molecule has 2 atom stereocenters. The number of aldehydes is 1. The highest BCUT2D eigenvalue weighted by atomic mass is 16.3. The first-order chi connectivity index (χ1) is 10.6. The molecular formula is C14H32N4O4. The van der Waals surface area contributed by atoms with Gasteiger partial charge in [-0.15, -0.1) is 0 Å². The van der Waals surface area contributed by atoms with Crippen LogP contribution in [0.4, 0.5) is 0 Å². The Labute approximate surface area is 133 Å². The fourth-order valence-corrected chi connectivity index (χ4v) is 2.06. The third-order valence-electron chi connectivity index (χ3n) is 3.59. The first-order valence-electron chi connectivity index (χ1n) is 7.77. The Bertz CT molecular complexity index is 257. The number of aliphatic hydroxyl groups is 3. The number of nitrogens with one attached hydrogen (secondary N) is 2. The molecule has 8 nitrogen and oxygen atoms in total. The van der Waals surface area contributed by atoms with Crippen molar-refractivity contribution in [1.29, 1.82) is 0 Å². The van der Waals surface area contributed by atoms with Crippen molar-refractivity contribution in [3.8, 4) is 0 Å². The zero-order valence-corrected chi connectivity index (χ0v) is 13.7. The molecule has 0 aliphatic heterocycles. The number of carbonyl (C=O) groups is 1. The van der Waals surface area contributed by atoms with Crippen molar-refractivity contribution in [3.05, 3.63) is 0 Å². The molecule has 0 spiro atoms. The molecule has 132 valence electrons. The van der Waals surface area contributed by atoms with Gasteiger partial charge in [0.25, 0.3) is 0 Å². The van der Waals surface area contributed by atoms with Crippen LogP contribution in [-0.2, 0) is 4.79 Å². The van der Waals surface area contributed by atoms with Crippen molar-refractivity contribution in [2.45, 2.75) is 25.3 Å². The summed E-state index contributed by atoms with van der Waals surface area (Å²) in [5, 5.41) is 33.7. The molecule has 0 aromatic carbocycles. The highest BCUT2D eigenvalue weighted by Crippen LogP contribution is 2.00. The van der Waals surface area contributed by atoms with Crippen molar-refractivity contribution in [2.24, 2.45) is 0 Å². The molecule has 2 unspecified atom stereocenters. The summed E-state index contributed by atoms with van der Waals surface area (Å²) in [6.45, 7) is 3.52. The van der Waals surface area contributed by atoms with Gasteiger partial charge in [-0.1, -0.05) is 0 Å². The van der Waals surface area contributed by atoms with E-state index in [2.05, 4.69) is 15.5 Å². The number of carbonyl (C=O) groups excluding carboxylic acids is 1. The molecule has 0 aliphatic carbocycles. The van der Waals surface area contributed by atoms with Crippen LogP contribution in [0, 0.1) is 0 Å². The molecule has 0 aromatic heterocycles. The Balaban J connectivity index is 4.31. The maximum Gasteiger partial charge on any atom is 0.133 e. The first-order valence-corrected chi connectivity index (χ1v) is 7.77. The summed E-state index contributed by atoms with van der Waals surface area (Å²) >= 11 is 0. The molecule has 0 aliphatic rings. The van der Waals surface area contributed by atoms with Gasteiger partial charge in [0.2, 0.25) is 0 Å². The molecule has 5 N–H and O–H groups in total. The van der Waals surface area contributed by atoms with Crippen LogP contribution in [0.3, 0.4) is 0 Å². The van der Waals surface area contributed by atoms with E-state index in [-0.39, 0.29) is 6.61 Å². The number of hydrogen-bond donors (Lipinski definition) is 5. The smallest absolute Gasteiger partial charge is 0.133 e. The van der Waals surface area contributed by atoms with E-state index in [1.54, 1.807) is 14.1 Å². The summed E-state index contributed by atoms with van der Waals surface area (Å²) < 4.78 is 0. The topological polar surface area (TPSA) is 108 Å². The van der Waals surface area contributed by atoms with Crippen LogP contribution in [0.2, 0.25) is 0 Å². The molecule has 0 radical (unpaired) electrons.